The standard InChI is InChI=1S/C18H20N2O3/c1-12-15(18(22)23)8-4-10-20(12)16(21)11-14-6-2-5-13-7-3-9-19-17(13)14/h2-3,5-7,9,12,15H,4,8,10-11H2,1H3,(H,22,23)/t12-,15-/m1/s1. The number of amides is 1. The van der Waals surface area contributed by atoms with Gasteiger partial charge < -0.3 is 10.0 Å². The molecule has 23 heavy (non-hydrogen) atoms. The molecule has 5 heteroatoms. The van der Waals surface area contributed by atoms with Gasteiger partial charge in [-0.25, -0.2) is 0 Å². The van der Waals surface area contributed by atoms with E-state index in [2.05, 4.69) is 4.98 Å². The highest BCUT2D eigenvalue weighted by Crippen LogP contribution is 2.25. The number of benzene rings is 1. The van der Waals surface area contributed by atoms with E-state index in [0.717, 1.165) is 22.9 Å². The van der Waals surface area contributed by atoms with E-state index >= 15 is 0 Å². The fourth-order valence-electron chi connectivity index (χ4n) is 3.40. The second-order valence-corrected chi connectivity index (χ2v) is 6.08. The van der Waals surface area contributed by atoms with Crippen LogP contribution < -0.4 is 0 Å². The Morgan fingerprint density at radius 1 is 1.30 bits per heavy atom. The van der Waals surface area contributed by atoms with Crippen LogP contribution >= 0.6 is 0 Å². The number of hydrogen-bond donors (Lipinski definition) is 1. The van der Waals surface area contributed by atoms with E-state index in [4.69, 9.17) is 0 Å². The van der Waals surface area contributed by atoms with E-state index in [-0.39, 0.29) is 18.4 Å². The highest BCUT2D eigenvalue weighted by Gasteiger charge is 2.35. The smallest absolute Gasteiger partial charge is 0.308 e. The van der Waals surface area contributed by atoms with Crippen LogP contribution in [0.25, 0.3) is 10.9 Å². The highest BCUT2D eigenvalue weighted by atomic mass is 16.4. The molecule has 0 aliphatic carbocycles. The number of aliphatic carboxylic acids is 1. The van der Waals surface area contributed by atoms with E-state index in [1.807, 2.05) is 37.3 Å². The van der Waals surface area contributed by atoms with Gasteiger partial charge in [0.05, 0.1) is 17.9 Å². The van der Waals surface area contributed by atoms with Gasteiger partial charge in [-0.3, -0.25) is 14.6 Å². The zero-order chi connectivity index (χ0) is 16.4. The lowest BCUT2D eigenvalue weighted by molar-refractivity contribution is -0.148. The van der Waals surface area contributed by atoms with E-state index < -0.39 is 11.9 Å². The molecule has 0 radical (unpaired) electrons. The zero-order valence-corrected chi connectivity index (χ0v) is 13.1. The van der Waals surface area contributed by atoms with Crippen LogP contribution in [0.1, 0.15) is 25.3 Å². The SMILES string of the molecule is C[C@@H]1[C@H](C(=O)O)CCCN1C(=O)Cc1cccc2cccnc12. The maximum absolute atomic E-state index is 12.7. The Hall–Kier alpha value is -2.43. The summed E-state index contributed by atoms with van der Waals surface area (Å²) in [7, 11) is 0. The molecule has 0 spiro atoms. The molecular weight excluding hydrogens is 292 g/mol. The van der Waals surface area contributed by atoms with Crippen LogP contribution in [0, 0.1) is 5.92 Å². The van der Waals surface area contributed by atoms with Crippen molar-refractivity contribution in [2.45, 2.75) is 32.2 Å². The first kappa shape index (κ1) is 15.5. The molecule has 1 fully saturated rings. The minimum Gasteiger partial charge on any atom is -0.481 e. The minimum atomic E-state index is -0.818. The lowest BCUT2D eigenvalue weighted by atomic mass is 9.90. The maximum atomic E-state index is 12.7. The first-order valence-electron chi connectivity index (χ1n) is 7.93. The Bertz CT molecular complexity index is 739. The first-order chi connectivity index (χ1) is 11.1. The van der Waals surface area contributed by atoms with Crippen LogP contribution in [-0.2, 0) is 16.0 Å². The van der Waals surface area contributed by atoms with Gasteiger partial charge in [0, 0.05) is 24.2 Å². The molecule has 1 N–H and O–H groups in total. The van der Waals surface area contributed by atoms with E-state index in [1.165, 1.54) is 0 Å². The Morgan fingerprint density at radius 3 is 2.87 bits per heavy atom. The summed E-state index contributed by atoms with van der Waals surface area (Å²) in [5.41, 5.74) is 1.72. The predicted molar refractivity (Wildman–Crippen MR) is 87.0 cm³/mol. The highest BCUT2D eigenvalue weighted by molar-refractivity contribution is 5.88. The fraction of sp³-hybridized carbons (Fsp3) is 0.389. The molecule has 3 rings (SSSR count). The Kier molecular flexibility index (Phi) is 4.28. The largest absolute Gasteiger partial charge is 0.481 e. The molecule has 0 unspecified atom stereocenters. The van der Waals surface area contributed by atoms with Crippen molar-refractivity contribution >= 4 is 22.8 Å². The van der Waals surface area contributed by atoms with Crippen LogP contribution in [0.3, 0.4) is 0 Å². The molecule has 5 nitrogen and oxygen atoms in total. The van der Waals surface area contributed by atoms with Gasteiger partial charge in [-0.15, -0.1) is 0 Å². The van der Waals surface area contributed by atoms with Gasteiger partial charge in [-0.05, 0) is 31.4 Å². The number of aromatic nitrogens is 1. The van der Waals surface area contributed by atoms with Crippen LogP contribution in [0.15, 0.2) is 36.5 Å². The lowest BCUT2D eigenvalue weighted by Crippen LogP contribution is -2.49. The number of carboxylic acids is 1. The second kappa shape index (κ2) is 6.36. The summed E-state index contributed by atoms with van der Waals surface area (Å²) >= 11 is 0. The molecule has 1 aromatic heterocycles. The summed E-state index contributed by atoms with van der Waals surface area (Å²) in [6, 6.07) is 9.39. The molecule has 2 aromatic rings. The molecule has 1 amide bonds. The summed E-state index contributed by atoms with van der Waals surface area (Å²) in [5, 5.41) is 10.3. The average Bonchev–Trinajstić information content (AvgIpc) is 2.55. The van der Waals surface area contributed by atoms with Crippen molar-refractivity contribution < 1.29 is 14.7 Å². The maximum Gasteiger partial charge on any atom is 0.308 e. The van der Waals surface area contributed by atoms with Crippen molar-refractivity contribution in [3.8, 4) is 0 Å². The molecular formula is C18H20N2O3. The number of likely N-dealkylation sites (tertiary alicyclic amines) is 1. The molecule has 1 saturated heterocycles. The third-order valence-corrected chi connectivity index (χ3v) is 4.68. The number of carbonyl (C=O) groups excluding carboxylic acids is 1. The lowest BCUT2D eigenvalue weighted by Gasteiger charge is -2.37. The molecule has 0 saturated carbocycles. The number of pyridine rings is 1. The zero-order valence-electron chi connectivity index (χ0n) is 13.1. The van der Waals surface area contributed by atoms with E-state index in [9.17, 15) is 14.7 Å². The molecule has 1 aliphatic heterocycles. The van der Waals surface area contributed by atoms with Crippen LogP contribution in [-0.4, -0.2) is 39.5 Å². The number of carboxylic acid groups (broad SMARTS) is 1. The Balaban J connectivity index is 1.82. The normalized spacial score (nSPS) is 21.3. The van der Waals surface area contributed by atoms with Crippen molar-refractivity contribution in [1.82, 2.24) is 9.88 Å². The topological polar surface area (TPSA) is 70.5 Å². The third kappa shape index (κ3) is 3.04. The summed E-state index contributed by atoms with van der Waals surface area (Å²) in [5.74, 6) is -1.32. The van der Waals surface area contributed by atoms with Gasteiger partial charge in [0.1, 0.15) is 0 Å². The summed E-state index contributed by atoms with van der Waals surface area (Å²) < 4.78 is 0. The van der Waals surface area contributed by atoms with Crippen LogP contribution in [0.2, 0.25) is 0 Å². The van der Waals surface area contributed by atoms with Gasteiger partial charge in [-0.2, -0.15) is 0 Å². The number of nitrogens with zero attached hydrogens (tertiary/aromatic N) is 2. The quantitative estimate of drug-likeness (QED) is 0.945. The van der Waals surface area contributed by atoms with Crippen molar-refractivity contribution in [2.24, 2.45) is 5.92 Å². The summed E-state index contributed by atoms with van der Waals surface area (Å²) in [4.78, 5) is 30.1. The van der Waals surface area contributed by atoms with Crippen molar-refractivity contribution in [1.29, 1.82) is 0 Å². The first-order valence-corrected chi connectivity index (χ1v) is 7.93. The number of para-hydroxylation sites is 1. The molecule has 1 aliphatic rings. The van der Waals surface area contributed by atoms with E-state index in [1.54, 1.807) is 11.1 Å². The predicted octanol–water partition coefficient (Wildman–Crippen LogP) is 2.49. The Labute approximate surface area is 134 Å². The number of carbonyl (C=O) groups is 2. The summed E-state index contributed by atoms with van der Waals surface area (Å²) in [6.07, 6.45) is 3.35. The average molecular weight is 312 g/mol. The third-order valence-electron chi connectivity index (χ3n) is 4.68. The van der Waals surface area contributed by atoms with Crippen molar-refractivity contribution in [3.63, 3.8) is 0 Å². The number of piperidine rings is 1. The van der Waals surface area contributed by atoms with Crippen molar-refractivity contribution in [3.05, 3.63) is 42.1 Å². The van der Waals surface area contributed by atoms with Gasteiger partial charge in [0.25, 0.3) is 0 Å². The molecule has 2 heterocycles. The molecule has 120 valence electrons. The molecule has 1 aromatic carbocycles. The second-order valence-electron chi connectivity index (χ2n) is 6.08. The molecule has 0 bridgehead atoms. The number of fused-ring (bicyclic) bond motifs is 1. The van der Waals surface area contributed by atoms with Crippen molar-refractivity contribution in [2.75, 3.05) is 6.54 Å². The number of rotatable bonds is 3. The number of hydrogen-bond acceptors (Lipinski definition) is 3. The summed E-state index contributed by atoms with van der Waals surface area (Å²) in [6.45, 7) is 2.46. The Morgan fingerprint density at radius 2 is 2.09 bits per heavy atom. The van der Waals surface area contributed by atoms with Crippen LogP contribution in [0.5, 0.6) is 0 Å². The van der Waals surface area contributed by atoms with Gasteiger partial charge in [0.2, 0.25) is 5.91 Å². The van der Waals surface area contributed by atoms with Crippen LogP contribution in [0.4, 0.5) is 0 Å². The van der Waals surface area contributed by atoms with Gasteiger partial charge >= 0.3 is 5.97 Å². The monoisotopic (exact) mass is 312 g/mol. The minimum absolute atomic E-state index is 0.0263. The van der Waals surface area contributed by atoms with Gasteiger partial charge in [-0.1, -0.05) is 24.3 Å². The van der Waals surface area contributed by atoms with Gasteiger partial charge in [0.15, 0.2) is 0 Å². The molecule has 2 atom stereocenters. The fourth-order valence-corrected chi connectivity index (χ4v) is 3.40. The van der Waals surface area contributed by atoms with E-state index in [0.29, 0.717) is 13.0 Å².